The third-order valence-electron chi connectivity index (χ3n) is 3.67. The van der Waals surface area contributed by atoms with Gasteiger partial charge in [-0.2, -0.15) is 5.10 Å². The number of carbonyl (C=O) groups excluding carboxylic acids is 2. The smallest absolute Gasteiger partial charge is 0.266 e. The second kappa shape index (κ2) is 8.09. The standard InChI is InChI=1S/C18H18N6O3/c1-13(25)21-15-5-3-14(4-6-15)18(27)19-10-12-24-17(26)8-7-16(22-24)23-11-2-9-20-23/h2-9,11H,10,12H2,1H3,(H,19,27)(H,21,25). The highest BCUT2D eigenvalue weighted by atomic mass is 16.2. The first-order valence-corrected chi connectivity index (χ1v) is 8.27. The summed E-state index contributed by atoms with van der Waals surface area (Å²) in [5, 5.41) is 13.7. The van der Waals surface area contributed by atoms with Crippen LogP contribution in [0.1, 0.15) is 17.3 Å². The molecule has 9 nitrogen and oxygen atoms in total. The molecule has 2 N–H and O–H groups in total. The molecular weight excluding hydrogens is 348 g/mol. The predicted molar refractivity (Wildman–Crippen MR) is 98.7 cm³/mol. The summed E-state index contributed by atoms with van der Waals surface area (Å²) in [4.78, 5) is 35.1. The van der Waals surface area contributed by atoms with E-state index in [2.05, 4.69) is 20.8 Å². The van der Waals surface area contributed by atoms with Gasteiger partial charge in [0.1, 0.15) is 0 Å². The summed E-state index contributed by atoms with van der Waals surface area (Å²) in [6.45, 7) is 1.88. The maximum Gasteiger partial charge on any atom is 0.266 e. The van der Waals surface area contributed by atoms with Crippen molar-refractivity contribution >= 4 is 17.5 Å². The molecule has 0 fully saturated rings. The highest BCUT2D eigenvalue weighted by molar-refractivity contribution is 5.95. The van der Waals surface area contributed by atoms with E-state index in [1.807, 2.05) is 0 Å². The van der Waals surface area contributed by atoms with Gasteiger partial charge >= 0.3 is 0 Å². The van der Waals surface area contributed by atoms with Crippen LogP contribution in [0.25, 0.3) is 5.82 Å². The van der Waals surface area contributed by atoms with E-state index in [-0.39, 0.29) is 30.5 Å². The molecule has 0 radical (unpaired) electrons. The number of nitrogens with one attached hydrogen (secondary N) is 2. The van der Waals surface area contributed by atoms with Crippen molar-refractivity contribution < 1.29 is 9.59 Å². The molecule has 27 heavy (non-hydrogen) atoms. The summed E-state index contributed by atoms with van der Waals surface area (Å²) in [6, 6.07) is 11.3. The van der Waals surface area contributed by atoms with E-state index < -0.39 is 0 Å². The topological polar surface area (TPSA) is 111 Å². The maximum absolute atomic E-state index is 12.2. The van der Waals surface area contributed by atoms with Crippen LogP contribution in [-0.4, -0.2) is 37.9 Å². The molecule has 0 unspecified atom stereocenters. The Morgan fingerprint density at radius 1 is 1.11 bits per heavy atom. The van der Waals surface area contributed by atoms with Crippen molar-refractivity contribution in [2.75, 3.05) is 11.9 Å². The van der Waals surface area contributed by atoms with Gasteiger partial charge in [0.2, 0.25) is 5.91 Å². The van der Waals surface area contributed by atoms with Gasteiger partial charge in [0, 0.05) is 43.2 Å². The first-order chi connectivity index (χ1) is 13.0. The van der Waals surface area contributed by atoms with Gasteiger partial charge in [0.05, 0.1) is 6.54 Å². The molecule has 0 atom stereocenters. The van der Waals surface area contributed by atoms with Crippen molar-refractivity contribution in [1.82, 2.24) is 24.9 Å². The molecule has 0 bridgehead atoms. The third-order valence-corrected chi connectivity index (χ3v) is 3.67. The number of carbonyl (C=O) groups is 2. The van der Waals surface area contributed by atoms with Crippen molar-refractivity contribution in [3.05, 3.63) is 70.8 Å². The molecule has 0 spiro atoms. The molecule has 3 rings (SSSR count). The zero-order valence-corrected chi connectivity index (χ0v) is 14.6. The summed E-state index contributed by atoms with van der Waals surface area (Å²) in [6.07, 6.45) is 3.35. The number of nitrogens with zero attached hydrogens (tertiary/aromatic N) is 4. The van der Waals surface area contributed by atoms with Crippen LogP contribution in [0.5, 0.6) is 0 Å². The Hall–Kier alpha value is -3.75. The molecule has 3 aromatic rings. The van der Waals surface area contributed by atoms with Crippen LogP contribution in [0.4, 0.5) is 5.69 Å². The van der Waals surface area contributed by atoms with E-state index in [0.29, 0.717) is 17.1 Å². The first-order valence-electron chi connectivity index (χ1n) is 8.27. The number of anilines is 1. The van der Waals surface area contributed by atoms with E-state index in [9.17, 15) is 14.4 Å². The summed E-state index contributed by atoms with van der Waals surface area (Å²) in [7, 11) is 0. The van der Waals surface area contributed by atoms with Gasteiger partial charge in [-0.1, -0.05) is 0 Å². The largest absolute Gasteiger partial charge is 0.350 e. The van der Waals surface area contributed by atoms with Gasteiger partial charge in [0.15, 0.2) is 5.82 Å². The van der Waals surface area contributed by atoms with E-state index in [1.165, 1.54) is 17.7 Å². The minimum Gasteiger partial charge on any atom is -0.350 e. The molecule has 2 aromatic heterocycles. The van der Waals surface area contributed by atoms with Crippen molar-refractivity contribution in [2.24, 2.45) is 0 Å². The van der Waals surface area contributed by atoms with Gasteiger partial charge < -0.3 is 10.6 Å². The predicted octanol–water partition coefficient (Wildman–Crippen LogP) is 0.817. The van der Waals surface area contributed by atoms with E-state index in [1.54, 1.807) is 53.5 Å². The Morgan fingerprint density at radius 2 is 1.89 bits per heavy atom. The second-order valence-corrected chi connectivity index (χ2v) is 5.72. The van der Waals surface area contributed by atoms with Crippen LogP contribution in [0.3, 0.4) is 0 Å². The lowest BCUT2D eigenvalue weighted by molar-refractivity contribution is -0.114. The lowest BCUT2D eigenvalue weighted by Crippen LogP contribution is -2.32. The molecular formula is C18H18N6O3. The highest BCUT2D eigenvalue weighted by Crippen LogP contribution is 2.09. The second-order valence-electron chi connectivity index (χ2n) is 5.72. The van der Waals surface area contributed by atoms with Crippen molar-refractivity contribution in [1.29, 1.82) is 0 Å². The van der Waals surface area contributed by atoms with Crippen LogP contribution in [0.15, 0.2) is 59.7 Å². The zero-order chi connectivity index (χ0) is 19.2. The molecule has 0 saturated heterocycles. The average molecular weight is 366 g/mol. The average Bonchev–Trinajstić information content (AvgIpc) is 3.18. The van der Waals surface area contributed by atoms with Crippen molar-refractivity contribution in [3.8, 4) is 5.82 Å². The van der Waals surface area contributed by atoms with E-state index >= 15 is 0 Å². The molecule has 138 valence electrons. The van der Waals surface area contributed by atoms with E-state index in [0.717, 1.165) is 0 Å². The van der Waals surface area contributed by atoms with Gasteiger partial charge in [-0.05, 0) is 36.4 Å². The minimum absolute atomic E-state index is 0.178. The number of aromatic nitrogens is 4. The Kier molecular flexibility index (Phi) is 5.41. The maximum atomic E-state index is 12.2. The molecule has 9 heteroatoms. The number of rotatable bonds is 6. The van der Waals surface area contributed by atoms with Gasteiger partial charge in [0.25, 0.3) is 11.5 Å². The van der Waals surface area contributed by atoms with Crippen LogP contribution in [0, 0.1) is 0 Å². The molecule has 1 aromatic carbocycles. The Labute approximate surface area is 154 Å². The quantitative estimate of drug-likeness (QED) is 0.671. The van der Waals surface area contributed by atoms with Crippen molar-refractivity contribution in [3.63, 3.8) is 0 Å². The molecule has 0 saturated carbocycles. The zero-order valence-electron chi connectivity index (χ0n) is 14.6. The fourth-order valence-corrected chi connectivity index (χ4v) is 2.41. The van der Waals surface area contributed by atoms with E-state index in [4.69, 9.17) is 0 Å². The minimum atomic E-state index is -0.277. The SMILES string of the molecule is CC(=O)Nc1ccc(C(=O)NCCn2nc(-n3cccn3)ccc2=O)cc1. The molecule has 2 heterocycles. The number of benzene rings is 1. The monoisotopic (exact) mass is 366 g/mol. The molecule has 2 amide bonds. The van der Waals surface area contributed by atoms with Crippen LogP contribution >= 0.6 is 0 Å². The van der Waals surface area contributed by atoms with Crippen LogP contribution in [-0.2, 0) is 11.3 Å². The fraction of sp³-hybridized carbons (Fsp3) is 0.167. The Balaban J connectivity index is 1.59. The van der Waals surface area contributed by atoms with Gasteiger partial charge in [-0.15, -0.1) is 5.10 Å². The van der Waals surface area contributed by atoms with Crippen LogP contribution in [0.2, 0.25) is 0 Å². The van der Waals surface area contributed by atoms with Gasteiger partial charge in [-0.3, -0.25) is 14.4 Å². The Morgan fingerprint density at radius 3 is 2.56 bits per heavy atom. The number of hydrogen-bond donors (Lipinski definition) is 2. The highest BCUT2D eigenvalue weighted by Gasteiger charge is 2.07. The fourth-order valence-electron chi connectivity index (χ4n) is 2.41. The van der Waals surface area contributed by atoms with Gasteiger partial charge in [-0.25, -0.2) is 9.36 Å². The summed E-state index contributed by atoms with van der Waals surface area (Å²) in [5.74, 6) is 0.0580. The lowest BCUT2D eigenvalue weighted by Gasteiger charge is -2.09. The summed E-state index contributed by atoms with van der Waals surface area (Å²) in [5.41, 5.74) is 0.805. The molecule has 0 aliphatic carbocycles. The van der Waals surface area contributed by atoms with Crippen LogP contribution < -0.4 is 16.2 Å². The Bertz CT molecular complexity index is 993. The molecule has 0 aliphatic heterocycles. The number of hydrogen-bond acceptors (Lipinski definition) is 5. The summed E-state index contributed by atoms with van der Waals surface area (Å²) < 4.78 is 2.82. The van der Waals surface area contributed by atoms with Crippen molar-refractivity contribution in [2.45, 2.75) is 13.5 Å². The first kappa shape index (κ1) is 18.1. The third kappa shape index (κ3) is 4.66. The summed E-state index contributed by atoms with van der Waals surface area (Å²) >= 11 is 0. The molecule has 0 aliphatic rings. The lowest BCUT2D eigenvalue weighted by atomic mass is 10.2. The number of amides is 2. The normalized spacial score (nSPS) is 10.4.